The number of carbonyl (C=O) groups is 2. The van der Waals surface area contributed by atoms with Gasteiger partial charge in [0.1, 0.15) is 5.75 Å². The smallest absolute Gasteiger partial charge is 0.308 e. The Labute approximate surface area is 127 Å². The number of phenols is 1. The molecule has 114 valence electrons. The van der Waals surface area contributed by atoms with Crippen molar-refractivity contribution >= 4 is 23.5 Å². The molecule has 0 saturated carbocycles. The molecule has 7 heteroatoms. The Morgan fingerprint density at radius 1 is 1.52 bits per heavy atom. The predicted molar refractivity (Wildman–Crippen MR) is 75.4 cm³/mol. The highest BCUT2D eigenvalue weighted by Crippen LogP contribution is 2.24. The molecular formula is C14H16ClNO5. The first-order valence-electron chi connectivity index (χ1n) is 6.47. The van der Waals surface area contributed by atoms with Gasteiger partial charge in [-0.15, -0.1) is 0 Å². The molecule has 21 heavy (non-hydrogen) atoms. The van der Waals surface area contributed by atoms with Crippen molar-refractivity contribution in [2.24, 2.45) is 0 Å². The van der Waals surface area contributed by atoms with Gasteiger partial charge in [-0.3, -0.25) is 9.59 Å². The van der Waals surface area contributed by atoms with Gasteiger partial charge in [0.05, 0.1) is 31.3 Å². The van der Waals surface area contributed by atoms with Crippen LogP contribution in [0.1, 0.15) is 16.8 Å². The van der Waals surface area contributed by atoms with Crippen LogP contribution in [0.3, 0.4) is 0 Å². The zero-order valence-corrected chi connectivity index (χ0v) is 12.3. The minimum atomic E-state index is -0.373. The summed E-state index contributed by atoms with van der Waals surface area (Å²) in [5.41, 5.74) is 0.386. The molecule has 1 aromatic carbocycles. The fourth-order valence-corrected chi connectivity index (χ4v) is 2.30. The number of amides is 1. The monoisotopic (exact) mass is 313 g/mol. The minimum absolute atomic E-state index is 0.0706. The second-order valence-corrected chi connectivity index (χ2v) is 5.10. The molecule has 0 aromatic heterocycles. The molecule has 1 amide bonds. The third-order valence-electron chi connectivity index (χ3n) is 3.24. The van der Waals surface area contributed by atoms with Crippen molar-refractivity contribution in [3.63, 3.8) is 0 Å². The second-order valence-electron chi connectivity index (χ2n) is 4.69. The topological polar surface area (TPSA) is 76.1 Å². The van der Waals surface area contributed by atoms with Gasteiger partial charge in [-0.05, 0) is 18.2 Å². The van der Waals surface area contributed by atoms with Gasteiger partial charge in [-0.25, -0.2) is 0 Å². The number of methoxy groups -OCH3 is 1. The lowest BCUT2D eigenvalue weighted by Crippen LogP contribution is -2.46. The maximum Gasteiger partial charge on any atom is 0.308 e. The van der Waals surface area contributed by atoms with E-state index in [0.29, 0.717) is 25.3 Å². The maximum absolute atomic E-state index is 12.4. The van der Waals surface area contributed by atoms with Crippen molar-refractivity contribution in [1.29, 1.82) is 0 Å². The molecule has 1 heterocycles. The number of benzene rings is 1. The number of morpholine rings is 1. The number of hydrogen-bond acceptors (Lipinski definition) is 5. The lowest BCUT2D eigenvalue weighted by molar-refractivity contribution is -0.145. The van der Waals surface area contributed by atoms with Crippen LogP contribution in [0.15, 0.2) is 18.2 Å². The fourth-order valence-electron chi connectivity index (χ4n) is 2.12. The second kappa shape index (κ2) is 6.78. The molecule has 1 N–H and O–H groups in total. The van der Waals surface area contributed by atoms with Gasteiger partial charge >= 0.3 is 5.97 Å². The summed E-state index contributed by atoms with van der Waals surface area (Å²) >= 11 is 5.81. The Hall–Kier alpha value is -1.79. The van der Waals surface area contributed by atoms with Gasteiger partial charge in [-0.2, -0.15) is 0 Å². The Balaban J connectivity index is 2.04. The molecule has 1 fully saturated rings. The summed E-state index contributed by atoms with van der Waals surface area (Å²) in [5, 5.41) is 9.50. The molecule has 1 atom stereocenters. The van der Waals surface area contributed by atoms with Crippen molar-refractivity contribution in [2.75, 3.05) is 26.8 Å². The number of rotatable bonds is 3. The molecule has 1 aliphatic heterocycles. The number of esters is 1. The van der Waals surface area contributed by atoms with Crippen molar-refractivity contribution < 1.29 is 24.2 Å². The summed E-state index contributed by atoms with van der Waals surface area (Å²) in [7, 11) is 1.31. The van der Waals surface area contributed by atoms with Crippen LogP contribution in [0.2, 0.25) is 5.02 Å². The van der Waals surface area contributed by atoms with Gasteiger partial charge in [0, 0.05) is 18.7 Å². The summed E-state index contributed by atoms with van der Waals surface area (Å²) in [6, 6.07) is 4.31. The quantitative estimate of drug-likeness (QED) is 0.855. The number of nitrogens with zero attached hydrogens (tertiary/aromatic N) is 1. The van der Waals surface area contributed by atoms with E-state index < -0.39 is 0 Å². The first-order chi connectivity index (χ1) is 10.0. The fraction of sp³-hybridized carbons (Fsp3) is 0.429. The highest BCUT2D eigenvalue weighted by molar-refractivity contribution is 6.32. The van der Waals surface area contributed by atoms with Crippen LogP contribution in [0.5, 0.6) is 5.75 Å². The third-order valence-corrected chi connectivity index (χ3v) is 3.55. The Bertz CT molecular complexity index is 548. The summed E-state index contributed by atoms with van der Waals surface area (Å²) in [5.74, 6) is -0.657. The number of halogens is 1. The molecule has 1 aromatic rings. The van der Waals surface area contributed by atoms with Crippen LogP contribution in [0.4, 0.5) is 0 Å². The number of ether oxygens (including phenoxy) is 2. The highest BCUT2D eigenvalue weighted by Gasteiger charge is 2.27. The number of carbonyl (C=O) groups excluding carboxylic acids is 2. The van der Waals surface area contributed by atoms with Crippen molar-refractivity contribution in [3.05, 3.63) is 28.8 Å². The first-order valence-corrected chi connectivity index (χ1v) is 6.85. The Morgan fingerprint density at radius 2 is 2.29 bits per heavy atom. The van der Waals surface area contributed by atoms with Gasteiger partial charge < -0.3 is 19.5 Å². The lowest BCUT2D eigenvalue weighted by Gasteiger charge is -2.32. The van der Waals surface area contributed by atoms with Gasteiger partial charge in [0.15, 0.2) is 0 Å². The molecular weight excluding hydrogens is 298 g/mol. The third kappa shape index (κ3) is 3.86. The average molecular weight is 314 g/mol. The molecule has 6 nitrogen and oxygen atoms in total. The van der Waals surface area contributed by atoms with E-state index in [1.54, 1.807) is 4.90 Å². The summed E-state index contributed by atoms with van der Waals surface area (Å²) in [6.45, 7) is 1.11. The van der Waals surface area contributed by atoms with Crippen LogP contribution in [-0.2, 0) is 14.3 Å². The molecule has 0 bridgehead atoms. The Kier molecular flexibility index (Phi) is 5.03. The predicted octanol–water partition coefficient (Wildman–Crippen LogP) is 1.45. The average Bonchev–Trinajstić information content (AvgIpc) is 2.49. The molecule has 1 saturated heterocycles. The zero-order valence-electron chi connectivity index (χ0n) is 11.5. The molecule has 1 aliphatic rings. The minimum Gasteiger partial charge on any atom is -0.506 e. The van der Waals surface area contributed by atoms with Crippen LogP contribution < -0.4 is 0 Å². The SMILES string of the molecule is COC(=O)CC1CN(C(=O)c2ccc(O)c(Cl)c2)CCO1. The summed E-state index contributed by atoms with van der Waals surface area (Å²) in [4.78, 5) is 25.2. The van der Waals surface area contributed by atoms with Crippen LogP contribution in [-0.4, -0.2) is 54.8 Å². The largest absolute Gasteiger partial charge is 0.506 e. The van der Waals surface area contributed by atoms with Crippen molar-refractivity contribution in [3.8, 4) is 5.75 Å². The molecule has 2 rings (SSSR count). The van der Waals surface area contributed by atoms with Gasteiger partial charge in [0.25, 0.3) is 5.91 Å². The molecule has 0 aliphatic carbocycles. The summed E-state index contributed by atoms with van der Waals surface area (Å²) < 4.78 is 10.0. The van der Waals surface area contributed by atoms with E-state index in [-0.39, 0.29) is 35.2 Å². The number of phenolic OH excluding ortho intramolecular Hbond substituents is 1. The van der Waals surface area contributed by atoms with Gasteiger partial charge in [0.2, 0.25) is 0 Å². The van der Waals surface area contributed by atoms with Crippen LogP contribution in [0.25, 0.3) is 0 Å². The first kappa shape index (κ1) is 15.6. The van der Waals surface area contributed by atoms with E-state index in [0.717, 1.165) is 0 Å². The standard InChI is InChI=1S/C14H16ClNO5/c1-20-13(18)7-10-8-16(4-5-21-10)14(19)9-2-3-12(17)11(15)6-9/h2-3,6,10,17H,4-5,7-8H2,1H3. The van der Waals surface area contributed by atoms with E-state index in [9.17, 15) is 14.7 Å². The number of hydrogen-bond donors (Lipinski definition) is 1. The molecule has 1 unspecified atom stereocenters. The summed E-state index contributed by atoms with van der Waals surface area (Å²) in [6.07, 6.45) is -0.265. The molecule has 0 radical (unpaired) electrons. The normalized spacial score (nSPS) is 18.4. The van der Waals surface area contributed by atoms with Crippen LogP contribution in [0, 0.1) is 0 Å². The van der Waals surface area contributed by atoms with E-state index in [1.165, 1.54) is 25.3 Å². The van der Waals surface area contributed by atoms with Crippen molar-refractivity contribution in [2.45, 2.75) is 12.5 Å². The zero-order chi connectivity index (χ0) is 15.4. The van der Waals surface area contributed by atoms with E-state index in [2.05, 4.69) is 4.74 Å². The lowest BCUT2D eigenvalue weighted by atomic mass is 10.1. The van der Waals surface area contributed by atoms with E-state index in [4.69, 9.17) is 16.3 Å². The van der Waals surface area contributed by atoms with Crippen LogP contribution >= 0.6 is 11.6 Å². The maximum atomic E-state index is 12.4. The van der Waals surface area contributed by atoms with Crippen molar-refractivity contribution in [1.82, 2.24) is 4.90 Å². The number of aromatic hydroxyl groups is 1. The van der Waals surface area contributed by atoms with Gasteiger partial charge in [-0.1, -0.05) is 11.6 Å². The Morgan fingerprint density at radius 3 is 2.95 bits per heavy atom. The molecule has 0 spiro atoms. The highest BCUT2D eigenvalue weighted by atomic mass is 35.5. The van der Waals surface area contributed by atoms with E-state index >= 15 is 0 Å². The van der Waals surface area contributed by atoms with E-state index in [1.807, 2.05) is 0 Å².